The van der Waals surface area contributed by atoms with Gasteiger partial charge in [0.1, 0.15) is 0 Å². The van der Waals surface area contributed by atoms with E-state index in [1.165, 1.54) is 12.1 Å². The molecular weight excluding hydrogens is 276 g/mol. The van der Waals surface area contributed by atoms with E-state index in [4.69, 9.17) is 5.73 Å². The highest BCUT2D eigenvalue weighted by molar-refractivity contribution is 7.89. The summed E-state index contributed by atoms with van der Waals surface area (Å²) in [6.07, 6.45) is 5.40. The number of rotatable bonds is 4. The number of anilines is 1. The van der Waals surface area contributed by atoms with Gasteiger partial charge in [-0.1, -0.05) is 25.7 Å². The Kier molecular flexibility index (Phi) is 4.67. The van der Waals surface area contributed by atoms with E-state index in [9.17, 15) is 13.5 Å². The van der Waals surface area contributed by atoms with Gasteiger partial charge in [-0.25, -0.2) is 13.1 Å². The first-order chi connectivity index (χ1) is 9.41. The summed E-state index contributed by atoms with van der Waals surface area (Å²) in [5, 5.41) is 10.5. The molecule has 5 nitrogen and oxygen atoms in total. The molecule has 1 aromatic rings. The molecule has 0 atom stereocenters. The Labute approximate surface area is 120 Å². The van der Waals surface area contributed by atoms with Gasteiger partial charge in [-0.3, -0.25) is 0 Å². The van der Waals surface area contributed by atoms with Crippen LogP contribution in [-0.2, 0) is 10.0 Å². The van der Waals surface area contributed by atoms with Crippen molar-refractivity contribution in [1.82, 2.24) is 4.72 Å². The zero-order valence-corrected chi connectivity index (χ0v) is 12.3. The first-order valence-corrected chi connectivity index (χ1v) is 8.47. The van der Waals surface area contributed by atoms with Crippen LogP contribution in [0.25, 0.3) is 0 Å². The van der Waals surface area contributed by atoms with Crippen LogP contribution in [0.15, 0.2) is 29.2 Å². The van der Waals surface area contributed by atoms with Crippen LogP contribution in [0.3, 0.4) is 0 Å². The summed E-state index contributed by atoms with van der Waals surface area (Å²) in [4.78, 5) is 0.170. The van der Waals surface area contributed by atoms with Crippen molar-refractivity contribution in [2.24, 2.45) is 0 Å². The van der Waals surface area contributed by atoms with Crippen LogP contribution in [-0.4, -0.2) is 25.7 Å². The third-order valence-corrected chi connectivity index (χ3v) is 5.23. The summed E-state index contributed by atoms with van der Waals surface area (Å²) < 4.78 is 26.8. The summed E-state index contributed by atoms with van der Waals surface area (Å²) in [7, 11) is -3.59. The molecule has 1 saturated carbocycles. The van der Waals surface area contributed by atoms with Crippen LogP contribution in [0.5, 0.6) is 0 Å². The van der Waals surface area contributed by atoms with Gasteiger partial charge >= 0.3 is 0 Å². The zero-order valence-electron chi connectivity index (χ0n) is 11.5. The molecule has 0 spiro atoms. The number of aliphatic hydroxyl groups is 1. The van der Waals surface area contributed by atoms with Crippen molar-refractivity contribution >= 4 is 15.7 Å². The monoisotopic (exact) mass is 298 g/mol. The highest BCUT2D eigenvalue weighted by atomic mass is 32.2. The van der Waals surface area contributed by atoms with Crippen molar-refractivity contribution in [3.8, 4) is 0 Å². The van der Waals surface area contributed by atoms with Gasteiger partial charge in [0.2, 0.25) is 10.0 Å². The molecule has 1 fully saturated rings. The van der Waals surface area contributed by atoms with Crippen molar-refractivity contribution in [3.05, 3.63) is 24.3 Å². The third kappa shape index (κ3) is 3.94. The van der Waals surface area contributed by atoms with Crippen molar-refractivity contribution in [1.29, 1.82) is 0 Å². The molecule has 0 unspecified atom stereocenters. The molecule has 1 aliphatic rings. The molecule has 0 aromatic heterocycles. The van der Waals surface area contributed by atoms with Crippen molar-refractivity contribution in [3.63, 3.8) is 0 Å². The van der Waals surface area contributed by atoms with Gasteiger partial charge in [0.25, 0.3) is 0 Å². The lowest BCUT2D eigenvalue weighted by Gasteiger charge is -2.26. The van der Waals surface area contributed by atoms with Crippen molar-refractivity contribution < 1.29 is 13.5 Å². The number of sulfonamides is 1. The lowest BCUT2D eigenvalue weighted by molar-refractivity contribution is 0.0303. The topological polar surface area (TPSA) is 92.4 Å². The minimum absolute atomic E-state index is 0.0692. The Morgan fingerprint density at radius 1 is 1.10 bits per heavy atom. The van der Waals surface area contributed by atoms with Crippen molar-refractivity contribution in [2.75, 3.05) is 12.3 Å². The largest absolute Gasteiger partial charge is 0.399 e. The Hall–Kier alpha value is -1.11. The average Bonchev–Trinajstić information content (AvgIpc) is 2.63. The maximum absolute atomic E-state index is 12.2. The van der Waals surface area contributed by atoms with Crippen LogP contribution in [0.1, 0.15) is 38.5 Å². The zero-order chi connectivity index (χ0) is 14.6. The highest BCUT2D eigenvalue weighted by Crippen LogP contribution is 2.26. The average molecular weight is 298 g/mol. The van der Waals surface area contributed by atoms with E-state index in [1.807, 2.05) is 0 Å². The molecule has 0 radical (unpaired) electrons. The van der Waals surface area contributed by atoms with Crippen LogP contribution in [0.4, 0.5) is 5.69 Å². The Morgan fingerprint density at radius 2 is 1.65 bits per heavy atom. The lowest BCUT2D eigenvalue weighted by atomic mass is 9.95. The van der Waals surface area contributed by atoms with Gasteiger partial charge in [0, 0.05) is 12.2 Å². The lowest BCUT2D eigenvalue weighted by Crippen LogP contribution is -2.42. The van der Waals surface area contributed by atoms with Gasteiger partial charge in [0.05, 0.1) is 10.5 Å². The molecule has 0 amide bonds. The molecule has 0 heterocycles. The maximum atomic E-state index is 12.2. The quantitative estimate of drug-likeness (QED) is 0.582. The standard InChI is InChI=1S/C14H22N2O3S/c15-12-5-7-13(8-6-12)20(18,19)16-11-14(17)9-3-1-2-4-10-14/h5-8,16-17H,1-4,9-11,15H2. The molecule has 6 heteroatoms. The molecule has 112 valence electrons. The second kappa shape index (κ2) is 6.11. The van der Waals surface area contributed by atoms with Crippen LogP contribution < -0.4 is 10.5 Å². The summed E-state index contributed by atoms with van der Waals surface area (Å²) in [5.41, 5.74) is 5.14. The number of benzene rings is 1. The number of nitrogen functional groups attached to an aromatic ring is 1. The van der Waals surface area contributed by atoms with Crippen LogP contribution >= 0.6 is 0 Å². The molecular formula is C14H22N2O3S. The fourth-order valence-electron chi connectivity index (χ4n) is 2.52. The molecule has 1 aromatic carbocycles. The Bertz CT molecular complexity index is 532. The number of hydrogen-bond acceptors (Lipinski definition) is 4. The number of nitrogens with two attached hydrogens (primary N) is 1. The minimum Gasteiger partial charge on any atom is -0.399 e. The maximum Gasteiger partial charge on any atom is 0.240 e. The van der Waals surface area contributed by atoms with Gasteiger partial charge in [-0.15, -0.1) is 0 Å². The normalized spacial score (nSPS) is 19.4. The first kappa shape index (κ1) is 15.3. The van der Waals surface area contributed by atoms with E-state index >= 15 is 0 Å². The molecule has 4 N–H and O–H groups in total. The smallest absolute Gasteiger partial charge is 0.240 e. The van der Waals surface area contributed by atoms with E-state index in [0.29, 0.717) is 18.5 Å². The third-order valence-electron chi connectivity index (χ3n) is 3.82. The molecule has 0 aliphatic heterocycles. The van der Waals surface area contributed by atoms with Crippen LogP contribution in [0, 0.1) is 0 Å². The minimum atomic E-state index is -3.59. The predicted molar refractivity (Wildman–Crippen MR) is 78.7 cm³/mol. The van der Waals surface area contributed by atoms with Crippen LogP contribution in [0.2, 0.25) is 0 Å². The van der Waals surface area contributed by atoms with Gasteiger partial charge in [0.15, 0.2) is 0 Å². The number of hydrogen-bond donors (Lipinski definition) is 3. The summed E-state index contributed by atoms with van der Waals surface area (Å²) in [5.74, 6) is 0. The van der Waals surface area contributed by atoms with E-state index in [0.717, 1.165) is 25.7 Å². The Balaban J connectivity index is 2.03. The predicted octanol–water partition coefficient (Wildman–Crippen LogP) is 1.63. The molecule has 1 aliphatic carbocycles. The first-order valence-electron chi connectivity index (χ1n) is 6.99. The van der Waals surface area contributed by atoms with E-state index < -0.39 is 15.6 Å². The molecule has 0 saturated heterocycles. The Morgan fingerprint density at radius 3 is 2.20 bits per heavy atom. The fraction of sp³-hybridized carbons (Fsp3) is 0.571. The summed E-state index contributed by atoms with van der Waals surface area (Å²) in [6.45, 7) is 0.0692. The van der Waals surface area contributed by atoms with E-state index in [2.05, 4.69) is 4.72 Å². The summed E-state index contributed by atoms with van der Waals surface area (Å²) in [6, 6.07) is 6.04. The van der Waals surface area contributed by atoms with E-state index in [1.54, 1.807) is 12.1 Å². The second-order valence-electron chi connectivity index (χ2n) is 5.53. The SMILES string of the molecule is Nc1ccc(S(=O)(=O)NCC2(O)CCCCCC2)cc1. The highest BCUT2D eigenvalue weighted by Gasteiger charge is 2.29. The van der Waals surface area contributed by atoms with Gasteiger partial charge in [-0.05, 0) is 37.1 Å². The number of nitrogens with one attached hydrogen (secondary N) is 1. The molecule has 20 heavy (non-hydrogen) atoms. The fourth-order valence-corrected chi connectivity index (χ4v) is 3.64. The summed E-state index contributed by atoms with van der Waals surface area (Å²) >= 11 is 0. The molecule has 0 bridgehead atoms. The second-order valence-corrected chi connectivity index (χ2v) is 7.30. The van der Waals surface area contributed by atoms with Gasteiger partial charge < -0.3 is 10.8 Å². The van der Waals surface area contributed by atoms with E-state index in [-0.39, 0.29) is 11.4 Å². The van der Waals surface area contributed by atoms with Gasteiger partial charge in [-0.2, -0.15) is 0 Å². The van der Waals surface area contributed by atoms with Crippen molar-refractivity contribution in [2.45, 2.75) is 49.0 Å². The molecule has 2 rings (SSSR count).